The van der Waals surface area contributed by atoms with Crippen molar-refractivity contribution in [3.05, 3.63) is 24.3 Å². The molecule has 0 radical (unpaired) electrons. The van der Waals surface area contributed by atoms with E-state index in [1.807, 2.05) is 24.3 Å². The maximum atomic E-state index is 11.0. The molecule has 15 heavy (non-hydrogen) atoms. The molecule has 0 aliphatic heterocycles. The van der Waals surface area contributed by atoms with Gasteiger partial charge in [0.15, 0.2) is 0 Å². The van der Waals surface area contributed by atoms with Gasteiger partial charge in [0.2, 0.25) is 0 Å². The molecule has 0 unspecified atom stereocenters. The van der Waals surface area contributed by atoms with Crippen LogP contribution in [0.5, 0.6) is 0 Å². The van der Waals surface area contributed by atoms with Crippen molar-refractivity contribution in [1.29, 1.82) is 0 Å². The van der Waals surface area contributed by atoms with Crippen molar-refractivity contribution < 1.29 is 9.53 Å². The maximum Gasteiger partial charge on any atom is 0.411 e. The van der Waals surface area contributed by atoms with Gasteiger partial charge in [0.05, 0.1) is 7.11 Å². The lowest BCUT2D eigenvalue weighted by Gasteiger charge is -2.11. The van der Waals surface area contributed by atoms with Crippen molar-refractivity contribution in [3.63, 3.8) is 0 Å². The molecule has 0 bridgehead atoms. The fraction of sp³-hybridized carbons (Fsp3) is 0.364. The van der Waals surface area contributed by atoms with Gasteiger partial charge in [-0.15, -0.1) is 0 Å². The second-order valence-corrected chi connectivity index (χ2v) is 3.50. The fourth-order valence-electron chi connectivity index (χ4n) is 1.19. The van der Waals surface area contributed by atoms with E-state index in [2.05, 4.69) is 29.2 Å². The van der Waals surface area contributed by atoms with E-state index < -0.39 is 6.09 Å². The molecule has 4 nitrogen and oxygen atoms in total. The average Bonchev–Trinajstić information content (AvgIpc) is 2.17. The number of anilines is 2. The van der Waals surface area contributed by atoms with Crippen molar-refractivity contribution in [2.24, 2.45) is 0 Å². The van der Waals surface area contributed by atoms with Crippen LogP contribution in [0.25, 0.3) is 0 Å². The summed E-state index contributed by atoms with van der Waals surface area (Å²) in [5.41, 5.74) is 1.69. The van der Waals surface area contributed by atoms with Crippen molar-refractivity contribution in [2.45, 2.75) is 19.9 Å². The van der Waals surface area contributed by atoms with Crippen LogP contribution in [0.2, 0.25) is 0 Å². The summed E-state index contributed by atoms with van der Waals surface area (Å²) >= 11 is 0. The summed E-state index contributed by atoms with van der Waals surface area (Å²) in [4.78, 5) is 11.0. The smallest absolute Gasteiger partial charge is 0.411 e. The van der Waals surface area contributed by atoms with Gasteiger partial charge < -0.3 is 10.1 Å². The summed E-state index contributed by atoms with van der Waals surface area (Å²) in [6.45, 7) is 4.11. The zero-order valence-corrected chi connectivity index (χ0v) is 9.20. The first kappa shape index (κ1) is 11.4. The molecule has 0 saturated carbocycles. The van der Waals surface area contributed by atoms with Gasteiger partial charge in [0.25, 0.3) is 0 Å². The Labute approximate surface area is 89.6 Å². The predicted molar refractivity (Wildman–Crippen MR) is 61.2 cm³/mol. The molecule has 4 heteroatoms. The average molecular weight is 208 g/mol. The minimum absolute atomic E-state index is 0.360. The third-order valence-corrected chi connectivity index (χ3v) is 1.75. The highest BCUT2D eigenvalue weighted by atomic mass is 16.5. The standard InChI is InChI=1S/C11H16N2O2/c1-8(2)12-9-5-4-6-10(7-9)13-11(14)15-3/h4-8,12H,1-3H3,(H,13,14). The zero-order valence-electron chi connectivity index (χ0n) is 9.20. The molecule has 2 N–H and O–H groups in total. The molecule has 1 aromatic rings. The van der Waals surface area contributed by atoms with E-state index in [1.165, 1.54) is 7.11 Å². The highest BCUT2D eigenvalue weighted by molar-refractivity contribution is 5.85. The first-order valence-electron chi connectivity index (χ1n) is 4.83. The number of hydrogen-bond acceptors (Lipinski definition) is 3. The number of benzene rings is 1. The summed E-state index contributed by atoms with van der Waals surface area (Å²) in [5.74, 6) is 0. The lowest BCUT2D eigenvalue weighted by atomic mass is 10.2. The van der Waals surface area contributed by atoms with Gasteiger partial charge in [-0.2, -0.15) is 0 Å². The van der Waals surface area contributed by atoms with Crippen LogP contribution in [0.1, 0.15) is 13.8 Å². The first-order valence-corrected chi connectivity index (χ1v) is 4.83. The van der Waals surface area contributed by atoms with E-state index in [0.717, 1.165) is 5.69 Å². The molecule has 0 heterocycles. The second kappa shape index (κ2) is 5.24. The molecular formula is C11H16N2O2. The van der Waals surface area contributed by atoms with E-state index in [-0.39, 0.29) is 0 Å². The van der Waals surface area contributed by atoms with Crippen molar-refractivity contribution in [1.82, 2.24) is 0 Å². The zero-order chi connectivity index (χ0) is 11.3. The molecule has 1 aromatic carbocycles. The van der Waals surface area contributed by atoms with E-state index in [9.17, 15) is 4.79 Å². The SMILES string of the molecule is COC(=O)Nc1cccc(NC(C)C)c1. The Morgan fingerprint density at radius 2 is 2.00 bits per heavy atom. The molecule has 0 aliphatic carbocycles. The quantitative estimate of drug-likeness (QED) is 0.803. The van der Waals surface area contributed by atoms with Gasteiger partial charge in [-0.05, 0) is 32.0 Å². The number of amides is 1. The van der Waals surface area contributed by atoms with Gasteiger partial charge in [-0.3, -0.25) is 5.32 Å². The van der Waals surface area contributed by atoms with Gasteiger partial charge in [-0.25, -0.2) is 4.79 Å². The van der Waals surface area contributed by atoms with Crippen LogP contribution in [-0.4, -0.2) is 19.2 Å². The largest absolute Gasteiger partial charge is 0.453 e. The third-order valence-electron chi connectivity index (χ3n) is 1.75. The monoisotopic (exact) mass is 208 g/mol. The summed E-state index contributed by atoms with van der Waals surface area (Å²) in [6, 6.07) is 7.84. The molecule has 0 atom stereocenters. The number of methoxy groups -OCH3 is 1. The van der Waals surface area contributed by atoms with Crippen LogP contribution in [0, 0.1) is 0 Å². The van der Waals surface area contributed by atoms with Crippen LogP contribution in [0.15, 0.2) is 24.3 Å². The molecule has 0 aliphatic rings. The van der Waals surface area contributed by atoms with E-state index in [0.29, 0.717) is 11.7 Å². The van der Waals surface area contributed by atoms with Crippen molar-refractivity contribution in [3.8, 4) is 0 Å². The first-order chi connectivity index (χ1) is 7.11. The van der Waals surface area contributed by atoms with E-state index >= 15 is 0 Å². The Balaban J connectivity index is 2.69. The highest BCUT2D eigenvalue weighted by Gasteiger charge is 2.01. The summed E-state index contributed by atoms with van der Waals surface area (Å²) < 4.78 is 4.50. The van der Waals surface area contributed by atoms with Gasteiger partial charge in [0.1, 0.15) is 0 Å². The molecular weight excluding hydrogens is 192 g/mol. The highest BCUT2D eigenvalue weighted by Crippen LogP contribution is 2.15. The number of carbonyl (C=O) groups excluding carboxylic acids is 1. The fourth-order valence-corrected chi connectivity index (χ4v) is 1.19. The normalized spacial score (nSPS) is 9.87. The number of nitrogens with one attached hydrogen (secondary N) is 2. The molecule has 0 aromatic heterocycles. The van der Waals surface area contributed by atoms with Crippen LogP contribution in [0.3, 0.4) is 0 Å². The molecule has 1 amide bonds. The van der Waals surface area contributed by atoms with Crippen LogP contribution < -0.4 is 10.6 Å². The molecule has 0 fully saturated rings. The molecule has 0 spiro atoms. The maximum absolute atomic E-state index is 11.0. The van der Waals surface area contributed by atoms with E-state index in [1.54, 1.807) is 0 Å². The molecule has 0 saturated heterocycles. The van der Waals surface area contributed by atoms with Crippen LogP contribution in [-0.2, 0) is 4.74 Å². The van der Waals surface area contributed by atoms with Crippen LogP contribution >= 0.6 is 0 Å². The Morgan fingerprint density at radius 3 is 2.60 bits per heavy atom. The minimum Gasteiger partial charge on any atom is -0.453 e. The number of hydrogen-bond donors (Lipinski definition) is 2. The Kier molecular flexibility index (Phi) is 3.97. The van der Waals surface area contributed by atoms with Crippen molar-refractivity contribution in [2.75, 3.05) is 17.7 Å². The molecule has 1 rings (SSSR count). The van der Waals surface area contributed by atoms with Crippen molar-refractivity contribution >= 4 is 17.5 Å². The van der Waals surface area contributed by atoms with Crippen LogP contribution in [0.4, 0.5) is 16.2 Å². The summed E-state index contributed by atoms with van der Waals surface area (Å²) in [7, 11) is 1.34. The lowest BCUT2D eigenvalue weighted by molar-refractivity contribution is 0.187. The van der Waals surface area contributed by atoms with E-state index in [4.69, 9.17) is 0 Å². The summed E-state index contributed by atoms with van der Waals surface area (Å²) in [6.07, 6.45) is -0.461. The third kappa shape index (κ3) is 3.89. The molecule has 82 valence electrons. The number of rotatable bonds is 3. The lowest BCUT2D eigenvalue weighted by Crippen LogP contribution is -2.12. The Hall–Kier alpha value is -1.71. The van der Waals surface area contributed by atoms with Gasteiger partial charge >= 0.3 is 6.09 Å². The predicted octanol–water partition coefficient (Wildman–Crippen LogP) is 2.69. The topological polar surface area (TPSA) is 50.4 Å². The number of carbonyl (C=O) groups is 1. The second-order valence-electron chi connectivity index (χ2n) is 3.50. The summed E-state index contributed by atoms with van der Waals surface area (Å²) in [5, 5.41) is 5.85. The Bertz CT molecular complexity index is 337. The van der Waals surface area contributed by atoms with Gasteiger partial charge in [-0.1, -0.05) is 6.07 Å². The Morgan fingerprint density at radius 1 is 1.33 bits per heavy atom. The minimum atomic E-state index is -0.461. The number of ether oxygens (including phenoxy) is 1. The van der Waals surface area contributed by atoms with Gasteiger partial charge in [0, 0.05) is 17.4 Å².